The molecule has 1 fully saturated rings. The predicted octanol–water partition coefficient (Wildman–Crippen LogP) is 2.37. The number of anilines is 1. The number of hydrogen-bond donors (Lipinski definition) is 0. The third kappa shape index (κ3) is 5.27. The second kappa shape index (κ2) is 10.1. The minimum atomic E-state index is 0. The number of halogens is 1. The molecule has 1 amide bonds. The predicted molar refractivity (Wildman–Crippen MR) is 117 cm³/mol. The summed E-state index contributed by atoms with van der Waals surface area (Å²) in [6.07, 6.45) is 2.00. The van der Waals surface area contributed by atoms with Gasteiger partial charge < -0.3 is 17.3 Å². The van der Waals surface area contributed by atoms with Gasteiger partial charge in [-0.2, -0.15) is 0 Å². The highest BCUT2D eigenvalue weighted by Gasteiger charge is 2.30. The average molecular weight is 426 g/mol. The number of aryl methyl sites for hydroxylation is 1. The van der Waals surface area contributed by atoms with Crippen LogP contribution in [0.3, 0.4) is 0 Å². The van der Waals surface area contributed by atoms with E-state index in [9.17, 15) is 4.79 Å². The van der Waals surface area contributed by atoms with Gasteiger partial charge >= 0.3 is 0 Å². The number of piperidine rings is 1. The molecule has 1 saturated heterocycles. The number of rotatable bonds is 5. The second-order valence-electron chi connectivity index (χ2n) is 7.41. The van der Waals surface area contributed by atoms with E-state index < -0.39 is 0 Å². The first-order valence-electron chi connectivity index (χ1n) is 9.92. The molecule has 0 radical (unpaired) electrons. The number of hydrogen-bond acceptors (Lipinski definition) is 3. The van der Waals surface area contributed by atoms with Crippen LogP contribution in [0.25, 0.3) is 0 Å². The molecule has 2 aromatic carbocycles. The maximum absolute atomic E-state index is 13.4. The van der Waals surface area contributed by atoms with Crippen LogP contribution in [-0.4, -0.2) is 29.9 Å². The van der Waals surface area contributed by atoms with Gasteiger partial charge in [-0.05, 0) is 49.6 Å². The summed E-state index contributed by atoms with van der Waals surface area (Å²) in [6.45, 7) is 5.06. The van der Waals surface area contributed by atoms with Crippen LogP contribution in [0.2, 0.25) is 0 Å². The molecule has 1 aromatic heterocycles. The summed E-state index contributed by atoms with van der Waals surface area (Å²) in [5, 5.41) is 0. The first-order chi connectivity index (χ1) is 13.7. The zero-order valence-corrected chi connectivity index (χ0v) is 18.2. The maximum Gasteiger partial charge on any atom is 0.268 e. The summed E-state index contributed by atoms with van der Waals surface area (Å²) in [5.74, 6) is 0.130. The molecular weight excluding hydrogens is 400 g/mol. The summed E-state index contributed by atoms with van der Waals surface area (Å²) >= 11 is 1.58. The number of nitrogens with zero attached hydrogens (tertiary/aromatic N) is 2. The number of carbonyl (C=O) groups is 1. The maximum atomic E-state index is 13.4. The summed E-state index contributed by atoms with van der Waals surface area (Å²) in [4.78, 5) is 19.9. The van der Waals surface area contributed by atoms with Gasteiger partial charge in [-0.15, -0.1) is 11.3 Å². The van der Waals surface area contributed by atoms with Crippen LogP contribution in [0.15, 0.2) is 72.8 Å². The molecule has 0 aliphatic carbocycles. The lowest BCUT2D eigenvalue weighted by Gasteiger charge is -2.38. The van der Waals surface area contributed by atoms with Gasteiger partial charge in [-0.1, -0.05) is 48.5 Å². The number of likely N-dealkylation sites (tertiary alicyclic amines) is 1. The first-order valence-corrected chi connectivity index (χ1v) is 10.7. The van der Waals surface area contributed by atoms with Crippen LogP contribution in [-0.2, 0) is 6.54 Å². The third-order valence-corrected chi connectivity index (χ3v) is 6.36. The molecule has 0 saturated carbocycles. The van der Waals surface area contributed by atoms with Crippen molar-refractivity contribution in [3.05, 3.63) is 88.1 Å². The van der Waals surface area contributed by atoms with Gasteiger partial charge in [0, 0.05) is 36.2 Å². The van der Waals surface area contributed by atoms with Crippen molar-refractivity contribution in [3.63, 3.8) is 0 Å². The van der Waals surface area contributed by atoms with Gasteiger partial charge in [0.25, 0.3) is 5.91 Å². The molecule has 3 nitrogen and oxygen atoms in total. The van der Waals surface area contributed by atoms with Gasteiger partial charge in [-0.3, -0.25) is 9.69 Å². The van der Waals surface area contributed by atoms with Crippen molar-refractivity contribution >= 4 is 22.9 Å². The van der Waals surface area contributed by atoms with Gasteiger partial charge in [0.15, 0.2) is 0 Å². The van der Waals surface area contributed by atoms with Crippen molar-refractivity contribution in [2.45, 2.75) is 32.4 Å². The third-order valence-electron chi connectivity index (χ3n) is 5.38. The topological polar surface area (TPSA) is 23.6 Å². The van der Waals surface area contributed by atoms with E-state index >= 15 is 0 Å². The van der Waals surface area contributed by atoms with E-state index in [0.29, 0.717) is 0 Å². The van der Waals surface area contributed by atoms with Crippen LogP contribution in [0.1, 0.15) is 33.0 Å². The molecule has 0 bridgehead atoms. The Morgan fingerprint density at radius 2 is 1.59 bits per heavy atom. The zero-order chi connectivity index (χ0) is 19.3. The Kier molecular flexibility index (Phi) is 7.48. The van der Waals surface area contributed by atoms with Crippen molar-refractivity contribution in [2.75, 3.05) is 18.0 Å². The number of thiophene rings is 1. The minimum absolute atomic E-state index is 0. The van der Waals surface area contributed by atoms with E-state index in [1.54, 1.807) is 11.3 Å². The molecule has 152 valence electrons. The number of benzene rings is 2. The van der Waals surface area contributed by atoms with E-state index in [1.165, 1.54) is 10.4 Å². The highest BCUT2D eigenvalue weighted by Crippen LogP contribution is 2.28. The van der Waals surface area contributed by atoms with Gasteiger partial charge in [-0.25, -0.2) is 0 Å². The Labute approximate surface area is 183 Å². The number of para-hydroxylation sites is 1. The lowest BCUT2D eigenvalue weighted by atomic mass is 10.0. The molecule has 29 heavy (non-hydrogen) atoms. The minimum Gasteiger partial charge on any atom is -1.00 e. The molecule has 5 heteroatoms. The van der Waals surface area contributed by atoms with E-state index in [2.05, 4.69) is 54.3 Å². The summed E-state index contributed by atoms with van der Waals surface area (Å²) in [5.41, 5.74) is 2.35. The van der Waals surface area contributed by atoms with Crippen LogP contribution in [0.4, 0.5) is 5.69 Å². The highest BCUT2D eigenvalue weighted by atomic mass is 35.5. The average Bonchev–Trinajstić information content (AvgIpc) is 3.17. The molecule has 4 rings (SSSR count). The van der Waals surface area contributed by atoms with Gasteiger partial charge in [0.05, 0.1) is 4.88 Å². The van der Waals surface area contributed by atoms with Crippen molar-refractivity contribution in [2.24, 2.45) is 0 Å². The molecule has 1 aliphatic rings. The summed E-state index contributed by atoms with van der Waals surface area (Å²) in [7, 11) is 0. The largest absolute Gasteiger partial charge is 1.00 e. The smallest absolute Gasteiger partial charge is 0.268 e. The molecule has 0 spiro atoms. The van der Waals surface area contributed by atoms with E-state index in [4.69, 9.17) is 0 Å². The van der Waals surface area contributed by atoms with Crippen molar-refractivity contribution < 1.29 is 17.2 Å². The van der Waals surface area contributed by atoms with E-state index in [1.807, 2.05) is 35.2 Å². The van der Waals surface area contributed by atoms with Crippen molar-refractivity contribution in [1.82, 2.24) is 4.90 Å². The standard InChI is InChI=1S/C24H26N2OS.ClH/c1-19-12-13-23(28-19)24(27)26(21-10-6-3-7-11-21)22-14-16-25(17-15-22)18-20-8-4-2-5-9-20;/h2-13,22H,14-18H2,1H3;1H/p-1. The summed E-state index contributed by atoms with van der Waals surface area (Å²) < 4.78 is 0. The highest BCUT2D eigenvalue weighted by molar-refractivity contribution is 7.14. The second-order valence-corrected chi connectivity index (χ2v) is 8.70. The normalized spacial score (nSPS) is 14.9. The fourth-order valence-electron chi connectivity index (χ4n) is 3.93. The van der Waals surface area contributed by atoms with Crippen molar-refractivity contribution in [1.29, 1.82) is 0 Å². The molecular formula is C24H26ClN2OS-. The summed E-state index contributed by atoms with van der Waals surface area (Å²) in [6, 6.07) is 25.0. The lowest BCUT2D eigenvalue weighted by Crippen LogP contribution is -3.00. The molecule has 0 atom stereocenters. The van der Waals surface area contributed by atoms with Gasteiger partial charge in [0.1, 0.15) is 0 Å². The zero-order valence-electron chi connectivity index (χ0n) is 16.6. The molecule has 0 N–H and O–H groups in total. The fraction of sp³-hybridized carbons (Fsp3) is 0.292. The lowest BCUT2D eigenvalue weighted by molar-refractivity contribution is -0.0000136. The Balaban J connectivity index is 0.00000240. The van der Waals surface area contributed by atoms with Crippen LogP contribution in [0.5, 0.6) is 0 Å². The Hall–Kier alpha value is -2.14. The quantitative estimate of drug-likeness (QED) is 0.626. The molecule has 3 aromatic rings. The monoisotopic (exact) mass is 425 g/mol. The first kappa shape index (κ1) is 21.6. The Bertz CT molecular complexity index is 905. The van der Waals surface area contributed by atoms with Crippen LogP contribution in [0, 0.1) is 6.92 Å². The molecule has 0 unspecified atom stereocenters. The number of amides is 1. The molecule has 1 aliphatic heterocycles. The number of carbonyl (C=O) groups excluding carboxylic acids is 1. The van der Waals surface area contributed by atoms with Crippen LogP contribution < -0.4 is 17.3 Å². The van der Waals surface area contributed by atoms with Crippen molar-refractivity contribution in [3.8, 4) is 0 Å². The van der Waals surface area contributed by atoms with E-state index in [0.717, 1.165) is 43.0 Å². The van der Waals surface area contributed by atoms with E-state index in [-0.39, 0.29) is 24.4 Å². The fourth-order valence-corrected chi connectivity index (χ4v) is 4.73. The van der Waals surface area contributed by atoms with Crippen LogP contribution >= 0.6 is 11.3 Å². The molecule has 2 heterocycles. The Morgan fingerprint density at radius 3 is 2.17 bits per heavy atom. The Morgan fingerprint density at radius 1 is 0.966 bits per heavy atom. The SMILES string of the molecule is Cc1ccc(C(=O)N(c2ccccc2)C2CCN(Cc3ccccc3)CC2)s1.[Cl-]. The van der Waals surface area contributed by atoms with Gasteiger partial charge in [0.2, 0.25) is 0 Å².